The molecule has 0 saturated carbocycles. The molecule has 1 heterocycles. The molecule has 1 aromatic heterocycles. The minimum Gasteiger partial charge on any atom is -0.384 e. The van der Waals surface area contributed by atoms with Crippen molar-refractivity contribution in [2.24, 2.45) is 5.73 Å². The molecule has 1 rings (SSSR count). The Bertz CT molecular complexity index is 475. The van der Waals surface area contributed by atoms with E-state index in [4.69, 9.17) is 15.9 Å². The summed E-state index contributed by atoms with van der Waals surface area (Å²) in [7, 11) is 0. The van der Waals surface area contributed by atoms with Crippen molar-refractivity contribution in [3.63, 3.8) is 0 Å². The predicted octanol–water partition coefficient (Wildman–Crippen LogP) is 1.75. The quantitative estimate of drug-likeness (QED) is 0.411. The van der Waals surface area contributed by atoms with Crippen LogP contribution in [0, 0.1) is 5.41 Å². The third-order valence-electron chi connectivity index (χ3n) is 3.49. The molecule has 0 aliphatic heterocycles. The molecule has 21 heavy (non-hydrogen) atoms. The molecular formula is C15H27N5O. The largest absolute Gasteiger partial charge is 0.384 e. The Balaban J connectivity index is 3.23. The van der Waals surface area contributed by atoms with Crippen LogP contribution in [0.2, 0.25) is 0 Å². The van der Waals surface area contributed by atoms with Crippen LogP contribution in [0.3, 0.4) is 0 Å². The van der Waals surface area contributed by atoms with Crippen molar-refractivity contribution in [2.75, 3.05) is 31.2 Å². The monoisotopic (exact) mass is 293 g/mol. The van der Waals surface area contributed by atoms with E-state index in [9.17, 15) is 0 Å². The van der Waals surface area contributed by atoms with E-state index in [1.807, 2.05) is 13.8 Å². The van der Waals surface area contributed by atoms with Crippen LogP contribution in [0.25, 0.3) is 0 Å². The molecule has 1 aromatic rings. The van der Waals surface area contributed by atoms with E-state index >= 15 is 0 Å². The summed E-state index contributed by atoms with van der Waals surface area (Å²) in [5.74, 6) is 0.750. The number of anilines is 1. The van der Waals surface area contributed by atoms with Crippen LogP contribution in [0.4, 0.5) is 5.82 Å². The van der Waals surface area contributed by atoms with Gasteiger partial charge in [-0.15, -0.1) is 5.10 Å². The van der Waals surface area contributed by atoms with Crippen LogP contribution in [-0.2, 0) is 17.6 Å². The van der Waals surface area contributed by atoms with Crippen molar-refractivity contribution < 1.29 is 4.74 Å². The number of amidine groups is 1. The molecule has 0 aromatic carbocycles. The molecule has 0 spiro atoms. The second-order valence-corrected chi connectivity index (χ2v) is 4.72. The molecule has 0 saturated heterocycles. The van der Waals surface area contributed by atoms with Gasteiger partial charge in [0.15, 0.2) is 5.82 Å². The molecule has 118 valence electrons. The topological polar surface area (TPSA) is 88.1 Å². The van der Waals surface area contributed by atoms with Gasteiger partial charge in [-0.1, -0.05) is 13.8 Å². The van der Waals surface area contributed by atoms with Crippen LogP contribution in [0.5, 0.6) is 0 Å². The standard InChI is InChI=1S/C15H27N5O/c1-5-11-12(6-2)18-19-15(13(11)14(16)17)20(7-3)9-10-21-8-4/h5-10H2,1-4H3,(H3,16,17). The van der Waals surface area contributed by atoms with Crippen molar-refractivity contribution >= 4 is 11.7 Å². The van der Waals surface area contributed by atoms with E-state index in [1.165, 1.54) is 0 Å². The number of nitrogen functional groups attached to an aromatic ring is 1. The van der Waals surface area contributed by atoms with Gasteiger partial charge in [0.1, 0.15) is 5.84 Å². The summed E-state index contributed by atoms with van der Waals surface area (Å²) >= 11 is 0. The first-order chi connectivity index (χ1) is 10.1. The normalized spacial score (nSPS) is 10.7. The zero-order valence-electron chi connectivity index (χ0n) is 13.6. The molecule has 0 atom stereocenters. The van der Waals surface area contributed by atoms with Gasteiger partial charge in [-0.2, -0.15) is 5.10 Å². The number of nitrogens with one attached hydrogen (secondary N) is 1. The number of nitrogens with zero attached hydrogens (tertiary/aromatic N) is 3. The van der Waals surface area contributed by atoms with Gasteiger partial charge >= 0.3 is 0 Å². The second-order valence-electron chi connectivity index (χ2n) is 4.72. The average Bonchev–Trinajstić information content (AvgIpc) is 2.50. The van der Waals surface area contributed by atoms with Crippen LogP contribution in [-0.4, -0.2) is 42.3 Å². The van der Waals surface area contributed by atoms with Crippen molar-refractivity contribution in [3.8, 4) is 0 Å². The highest BCUT2D eigenvalue weighted by molar-refractivity contribution is 6.01. The van der Waals surface area contributed by atoms with Gasteiger partial charge in [0.2, 0.25) is 0 Å². The average molecular weight is 293 g/mol. The maximum atomic E-state index is 7.93. The van der Waals surface area contributed by atoms with E-state index in [-0.39, 0.29) is 5.84 Å². The Morgan fingerprint density at radius 3 is 2.38 bits per heavy atom. The molecule has 0 bridgehead atoms. The van der Waals surface area contributed by atoms with Crippen molar-refractivity contribution in [1.29, 1.82) is 5.41 Å². The van der Waals surface area contributed by atoms with Crippen LogP contribution < -0.4 is 10.6 Å². The van der Waals surface area contributed by atoms with Gasteiger partial charge in [0, 0.05) is 19.7 Å². The number of aryl methyl sites for hydroxylation is 1. The lowest BCUT2D eigenvalue weighted by Gasteiger charge is -2.25. The van der Waals surface area contributed by atoms with E-state index in [2.05, 4.69) is 28.9 Å². The SMILES string of the molecule is CCOCCN(CC)c1nnc(CC)c(CC)c1C(=N)N. The first-order valence-electron chi connectivity index (χ1n) is 7.65. The van der Waals surface area contributed by atoms with Gasteiger partial charge in [-0.3, -0.25) is 5.41 Å². The molecule has 6 nitrogen and oxygen atoms in total. The highest BCUT2D eigenvalue weighted by Gasteiger charge is 2.20. The van der Waals surface area contributed by atoms with Gasteiger partial charge in [0.25, 0.3) is 0 Å². The Kier molecular flexibility index (Phi) is 7.08. The maximum absolute atomic E-state index is 7.93. The molecule has 0 aliphatic carbocycles. The van der Waals surface area contributed by atoms with Gasteiger partial charge < -0.3 is 15.4 Å². The third-order valence-corrected chi connectivity index (χ3v) is 3.49. The number of nitrogens with two attached hydrogens (primary N) is 1. The molecule has 6 heteroatoms. The van der Waals surface area contributed by atoms with Crippen LogP contribution >= 0.6 is 0 Å². The van der Waals surface area contributed by atoms with Gasteiger partial charge in [-0.05, 0) is 32.3 Å². The minimum absolute atomic E-state index is 0.0568. The molecule has 0 amide bonds. The predicted molar refractivity (Wildman–Crippen MR) is 86.2 cm³/mol. The van der Waals surface area contributed by atoms with Gasteiger partial charge in [0.05, 0.1) is 17.9 Å². The third kappa shape index (κ3) is 4.14. The van der Waals surface area contributed by atoms with Gasteiger partial charge in [-0.25, -0.2) is 0 Å². The summed E-state index contributed by atoms with van der Waals surface area (Å²) in [6, 6.07) is 0. The maximum Gasteiger partial charge on any atom is 0.162 e. The summed E-state index contributed by atoms with van der Waals surface area (Å²) in [4.78, 5) is 2.07. The van der Waals surface area contributed by atoms with E-state index in [0.717, 1.165) is 36.2 Å². The fraction of sp³-hybridized carbons (Fsp3) is 0.667. The molecule has 0 unspecified atom stereocenters. The Morgan fingerprint density at radius 1 is 1.19 bits per heavy atom. The Morgan fingerprint density at radius 2 is 1.90 bits per heavy atom. The second kappa shape index (κ2) is 8.56. The number of rotatable bonds is 9. The molecule has 3 N–H and O–H groups in total. The first-order valence-corrected chi connectivity index (χ1v) is 7.65. The van der Waals surface area contributed by atoms with Crippen molar-refractivity contribution in [2.45, 2.75) is 40.5 Å². The minimum atomic E-state index is 0.0568. The number of aromatic nitrogens is 2. The lowest BCUT2D eigenvalue weighted by Crippen LogP contribution is -2.32. The number of hydrogen-bond donors (Lipinski definition) is 2. The summed E-state index contributed by atoms with van der Waals surface area (Å²) < 4.78 is 5.41. The molecular weight excluding hydrogens is 266 g/mol. The van der Waals surface area contributed by atoms with Crippen molar-refractivity contribution in [3.05, 3.63) is 16.8 Å². The van der Waals surface area contributed by atoms with E-state index in [1.54, 1.807) is 0 Å². The fourth-order valence-corrected chi connectivity index (χ4v) is 2.40. The Hall–Kier alpha value is -1.69. The fourth-order valence-electron chi connectivity index (χ4n) is 2.40. The lowest BCUT2D eigenvalue weighted by molar-refractivity contribution is 0.154. The van der Waals surface area contributed by atoms with E-state index < -0.39 is 0 Å². The zero-order valence-corrected chi connectivity index (χ0v) is 13.6. The van der Waals surface area contributed by atoms with E-state index in [0.29, 0.717) is 25.6 Å². The van der Waals surface area contributed by atoms with Crippen LogP contribution in [0.1, 0.15) is 44.5 Å². The number of ether oxygens (including phenoxy) is 1. The Labute approximate surface area is 127 Å². The molecule has 0 radical (unpaired) electrons. The summed E-state index contributed by atoms with van der Waals surface area (Å²) in [5.41, 5.74) is 8.50. The highest BCUT2D eigenvalue weighted by atomic mass is 16.5. The zero-order chi connectivity index (χ0) is 15.8. The lowest BCUT2D eigenvalue weighted by atomic mass is 10.0. The van der Waals surface area contributed by atoms with Crippen molar-refractivity contribution in [1.82, 2.24) is 10.2 Å². The first kappa shape index (κ1) is 17.4. The van der Waals surface area contributed by atoms with Crippen LogP contribution in [0.15, 0.2) is 0 Å². The molecule has 0 aliphatic rings. The number of hydrogen-bond acceptors (Lipinski definition) is 5. The highest BCUT2D eigenvalue weighted by Crippen LogP contribution is 2.23. The summed E-state index contributed by atoms with van der Waals surface area (Å²) in [6.45, 7) is 10.9. The summed E-state index contributed by atoms with van der Waals surface area (Å²) in [6.07, 6.45) is 1.59. The molecule has 0 fully saturated rings. The number of likely N-dealkylation sites (N-methyl/N-ethyl adjacent to an activating group) is 1. The smallest absolute Gasteiger partial charge is 0.162 e. The summed E-state index contributed by atoms with van der Waals surface area (Å²) in [5, 5.41) is 16.6.